The van der Waals surface area contributed by atoms with Crippen LogP contribution in [0.15, 0.2) is 0 Å². The van der Waals surface area contributed by atoms with Gasteiger partial charge in [0.05, 0.1) is 5.41 Å². The van der Waals surface area contributed by atoms with Gasteiger partial charge in [0.1, 0.15) is 5.60 Å². The van der Waals surface area contributed by atoms with Gasteiger partial charge >= 0.3 is 5.97 Å². The Labute approximate surface area is 119 Å². The van der Waals surface area contributed by atoms with E-state index in [0.29, 0.717) is 5.92 Å². The van der Waals surface area contributed by atoms with Crippen molar-refractivity contribution in [2.24, 2.45) is 11.3 Å². The van der Waals surface area contributed by atoms with Gasteiger partial charge in [-0.05, 0) is 52.4 Å². The monoisotopic (exact) mass is 268 g/mol. The molecule has 0 amide bonds. The van der Waals surface area contributed by atoms with E-state index in [0.717, 1.165) is 19.3 Å². The van der Waals surface area contributed by atoms with Crippen molar-refractivity contribution in [2.45, 2.75) is 91.6 Å². The zero-order valence-electron chi connectivity index (χ0n) is 13.6. The Kier molecular flexibility index (Phi) is 5.88. The lowest BCUT2D eigenvalue weighted by Gasteiger charge is -2.39. The third-order valence-corrected chi connectivity index (χ3v) is 5.02. The maximum Gasteiger partial charge on any atom is 0.312 e. The molecule has 1 rings (SSSR count). The lowest BCUT2D eigenvalue weighted by Crippen LogP contribution is -2.42. The first-order valence-corrected chi connectivity index (χ1v) is 8.09. The molecule has 1 unspecified atom stereocenters. The van der Waals surface area contributed by atoms with Gasteiger partial charge in [0, 0.05) is 0 Å². The average Bonchev–Trinajstić information content (AvgIpc) is 2.39. The molecule has 0 aromatic carbocycles. The molecular weight excluding hydrogens is 236 g/mol. The Hall–Kier alpha value is -0.530. The molecule has 19 heavy (non-hydrogen) atoms. The minimum Gasteiger partial charge on any atom is -0.459 e. The summed E-state index contributed by atoms with van der Waals surface area (Å²) in [5, 5.41) is 0. The Balaban J connectivity index is 2.67. The van der Waals surface area contributed by atoms with Crippen LogP contribution in [0.1, 0.15) is 86.0 Å². The van der Waals surface area contributed by atoms with Crippen LogP contribution in [0.3, 0.4) is 0 Å². The summed E-state index contributed by atoms with van der Waals surface area (Å²) >= 11 is 0. The molecular formula is C17H32O2. The zero-order valence-corrected chi connectivity index (χ0v) is 13.6. The van der Waals surface area contributed by atoms with E-state index in [4.69, 9.17) is 4.74 Å². The zero-order chi connectivity index (χ0) is 14.5. The predicted octanol–water partition coefficient (Wildman–Crippen LogP) is 5.10. The van der Waals surface area contributed by atoms with Gasteiger partial charge in [0.2, 0.25) is 0 Å². The molecule has 1 aliphatic carbocycles. The standard InChI is InChI=1S/C17H32O2/c1-6-13-17(5,7-2)15(18)19-16(3,4)14-11-9-8-10-12-14/h14H,6-13H2,1-5H3. The highest BCUT2D eigenvalue weighted by Gasteiger charge is 2.39. The number of rotatable bonds is 6. The van der Waals surface area contributed by atoms with Crippen LogP contribution in [0.5, 0.6) is 0 Å². The van der Waals surface area contributed by atoms with Crippen LogP contribution in [-0.2, 0) is 9.53 Å². The molecule has 0 bridgehead atoms. The summed E-state index contributed by atoms with van der Waals surface area (Å²) in [5.41, 5.74) is -0.609. The topological polar surface area (TPSA) is 26.3 Å². The quantitative estimate of drug-likeness (QED) is 0.626. The summed E-state index contributed by atoms with van der Waals surface area (Å²) in [4.78, 5) is 12.5. The summed E-state index contributed by atoms with van der Waals surface area (Å²) < 4.78 is 5.95. The minimum atomic E-state index is -0.305. The van der Waals surface area contributed by atoms with E-state index in [-0.39, 0.29) is 17.0 Å². The fourth-order valence-corrected chi connectivity index (χ4v) is 3.22. The molecule has 1 fully saturated rings. The van der Waals surface area contributed by atoms with E-state index < -0.39 is 0 Å². The average molecular weight is 268 g/mol. The van der Waals surface area contributed by atoms with Crippen LogP contribution in [0.25, 0.3) is 0 Å². The van der Waals surface area contributed by atoms with Gasteiger partial charge in [-0.1, -0.05) is 39.5 Å². The summed E-state index contributed by atoms with van der Waals surface area (Å²) in [6.45, 7) is 10.5. The van der Waals surface area contributed by atoms with Crippen molar-refractivity contribution in [3.8, 4) is 0 Å². The maximum atomic E-state index is 12.5. The van der Waals surface area contributed by atoms with Gasteiger partial charge in [-0.2, -0.15) is 0 Å². The molecule has 0 spiro atoms. The van der Waals surface area contributed by atoms with Gasteiger partial charge in [0.15, 0.2) is 0 Å². The number of esters is 1. The second-order valence-electron chi connectivity index (χ2n) is 6.99. The second-order valence-corrected chi connectivity index (χ2v) is 6.99. The van der Waals surface area contributed by atoms with Crippen LogP contribution >= 0.6 is 0 Å². The maximum absolute atomic E-state index is 12.5. The fourth-order valence-electron chi connectivity index (χ4n) is 3.22. The van der Waals surface area contributed by atoms with Crippen molar-refractivity contribution >= 4 is 5.97 Å². The number of ether oxygens (including phenoxy) is 1. The van der Waals surface area contributed by atoms with Crippen LogP contribution < -0.4 is 0 Å². The number of carbonyl (C=O) groups excluding carboxylic acids is 1. The van der Waals surface area contributed by atoms with Crippen molar-refractivity contribution in [1.29, 1.82) is 0 Å². The lowest BCUT2D eigenvalue weighted by atomic mass is 9.78. The van der Waals surface area contributed by atoms with Crippen molar-refractivity contribution < 1.29 is 9.53 Å². The molecule has 0 aromatic rings. The van der Waals surface area contributed by atoms with Gasteiger partial charge in [-0.25, -0.2) is 0 Å². The molecule has 0 radical (unpaired) electrons. The van der Waals surface area contributed by atoms with E-state index in [1.165, 1.54) is 32.1 Å². The van der Waals surface area contributed by atoms with Crippen LogP contribution in [-0.4, -0.2) is 11.6 Å². The van der Waals surface area contributed by atoms with Crippen LogP contribution in [0.2, 0.25) is 0 Å². The molecule has 0 saturated heterocycles. The third kappa shape index (κ3) is 4.22. The highest BCUT2D eigenvalue weighted by molar-refractivity contribution is 5.76. The second kappa shape index (κ2) is 6.76. The first-order valence-electron chi connectivity index (χ1n) is 8.09. The highest BCUT2D eigenvalue weighted by atomic mass is 16.6. The van der Waals surface area contributed by atoms with Crippen molar-refractivity contribution in [3.05, 3.63) is 0 Å². The van der Waals surface area contributed by atoms with E-state index in [1.54, 1.807) is 0 Å². The van der Waals surface area contributed by atoms with E-state index in [1.807, 2.05) is 0 Å². The van der Waals surface area contributed by atoms with Gasteiger partial charge < -0.3 is 4.74 Å². The van der Waals surface area contributed by atoms with Crippen molar-refractivity contribution in [1.82, 2.24) is 0 Å². The molecule has 1 aliphatic rings. The Bertz CT molecular complexity index is 290. The SMILES string of the molecule is CCCC(C)(CC)C(=O)OC(C)(C)C1CCCCC1. The Morgan fingerprint density at radius 3 is 2.16 bits per heavy atom. The molecule has 0 aliphatic heterocycles. The van der Waals surface area contributed by atoms with E-state index in [2.05, 4.69) is 34.6 Å². The first-order chi connectivity index (χ1) is 8.85. The smallest absolute Gasteiger partial charge is 0.312 e. The molecule has 0 aromatic heterocycles. The van der Waals surface area contributed by atoms with Crippen LogP contribution in [0.4, 0.5) is 0 Å². The van der Waals surface area contributed by atoms with Crippen molar-refractivity contribution in [3.63, 3.8) is 0 Å². The lowest BCUT2D eigenvalue weighted by molar-refractivity contribution is -0.175. The summed E-state index contributed by atoms with van der Waals surface area (Å²) in [6.07, 6.45) is 9.13. The number of hydrogen-bond donors (Lipinski definition) is 0. The molecule has 0 N–H and O–H groups in total. The molecule has 112 valence electrons. The third-order valence-electron chi connectivity index (χ3n) is 5.02. The largest absolute Gasteiger partial charge is 0.459 e. The Morgan fingerprint density at radius 1 is 1.11 bits per heavy atom. The summed E-state index contributed by atoms with van der Waals surface area (Å²) in [7, 11) is 0. The van der Waals surface area contributed by atoms with Crippen LogP contribution in [0, 0.1) is 11.3 Å². The first kappa shape index (κ1) is 16.5. The minimum absolute atomic E-state index is 0.00687. The summed E-state index contributed by atoms with van der Waals surface area (Å²) in [5.74, 6) is 0.542. The highest BCUT2D eigenvalue weighted by Crippen LogP contribution is 2.38. The molecule has 1 atom stereocenters. The summed E-state index contributed by atoms with van der Waals surface area (Å²) in [6, 6.07) is 0. The molecule has 1 saturated carbocycles. The normalized spacial score (nSPS) is 20.9. The fraction of sp³-hybridized carbons (Fsp3) is 0.941. The van der Waals surface area contributed by atoms with E-state index in [9.17, 15) is 4.79 Å². The van der Waals surface area contributed by atoms with Crippen molar-refractivity contribution in [2.75, 3.05) is 0 Å². The molecule has 2 heteroatoms. The van der Waals surface area contributed by atoms with Gasteiger partial charge in [-0.15, -0.1) is 0 Å². The van der Waals surface area contributed by atoms with Gasteiger partial charge in [-0.3, -0.25) is 4.79 Å². The number of carbonyl (C=O) groups is 1. The number of hydrogen-bond acceptors (Lipinski definition) is 2. The molecule has 2 nitrogen and oxygen atoms in total. The molecule has 0 heterocycles. The van der Waals surface area contributed by atoms with Gasteiger partial charge in [0.25, 0.3) is 0 Å². The Morgan fingerprint density at radius 2 is 1.68 bits per heavy atom. The van der Waals surface area contributed by atoms with E-state index >= 15 is 0 Å². The predicted molar refractivity (Wildman–Crippen MR) is 80.1 cm³/mol.